The zero-order valence-corrected chi connectivity index (χ0v) is 19.4. The lowest BCUT2D eigenvalue weighted by Gasteiger charge is -2.32. The van der Waals surface area contributed by atoms with Crippen LogP contribution in [0.1, 0.15) is 33.8 Å². The molecule has 4 aromatic rings. The first-order chi connectivity index (χ1) is 16.5. The first-order valence-corrected chi connectivity index (χ1v) is 11.8. The third-order valence-electron chi connectivity index (χ3n) is 5.92. The molecule has 4 N–H and O–H groups in total. The number of rotatable bonds is 7. The van der Waals surface area contributed by atoms with Crippen molar-refractivity contribution >= 4 is 39.0 Å². The number of benzene rings is 1. The Morgan fingerprint density at radius 3 is 2.91 bits per heavy atom. The van der Waals surface area contributed by atoms with E-state index in [2.05, 4.69) is 30.2 Å². The number of aromatic nitrogens is 4. The van der Waals surface area contributed by atoms with Crippen molar-refractivity contribution in [3.8, 4) is 5.75 Å². The highest BCUT2D eigenvalue weighted by atomic mass is 32.1. The van der Waals surface area contributed by atoms with E-state index in [0.29, 0.717) is 37.9 Å². The van der Waals surface area contributed by atoms with Gasteiger partial charge in [-0.05, 0) is 37.5 Å². The molecular formula is C23H24FN7O2S. The highest BCUT2D eigenvalue weighted by Crippen LogP contribution is 2.37. The number of hydrogen-bond donors (Lipinski definition) is 3. The van der Waals surface area contributed by atoms with Crippen molar-refractivity contribution in [2.24, 2.45) is 5.73 Å². The Morgan fingerprint density at radius 2 is 2.18 bits per heavy atom. The van der Waals surface area contributed by atoms with E-state index >= 15 is 0 Å². The summed E-state index contributed by atoms with van der Waals surface area (Å²) in [7, 11) is 0. The Balaban J connectivity index is 1.34. The van der Waals surface area contributed by atoms with Crippen LogP contribution >= 0.6 is 11.3 Å². The molecule has 1 saturated heterocycles. The lowest BCUT2D eigenvalue weighted by Crippen LogP contribution is -2.37. The number of ether oxygens (including phenoxy) is 1. The third-order valence-corrected chi connectivity index (χ3v) is 7.14. The van der Waals surface area contributed by atoms with Crippen LogP contribution in [0.15, 0.2) is 37.1 Å². The van der Waals surface area contributed by atoms with Gasteiger partial charge in [-0.25, -0.2) is 19.3 Å². The predicted molar refractivity (Wildman–Crippen MR) is 128 cm³/mol. The monoisotopic (exact) mass is 481 g/mol. The minimum Gasteiger partial charge on any atom is -0.488 e. The number of nitrogens with one attached hydrogen (secondary N) is 2. The van der Waals surface area contributed by atoms with Crippen LogP contribution < -0.4 is 15.8 Å². The van der Waals surface area contributed by atoms with Crippen molar-refractivity contribution in [2.45, 2.75) is 32.4 Å². The van der Waals surface area contributed by atoms with Crippen molar-refractivity contribution in [1.29, 1.82) is 0 Å². The van der Waals surface area contributed by atoms with Crippen LogP contribution in [0, 0.1) is 12.7 Å². The van der Waals surface area contributed by atoms with Crippen molar-refractivity contribution in [2.75, 3.05) is 18.4 Å². The Morgan fingerprint density at radius 1 is 1.35 bits per heavy atom. The Hall–Kier alpha value is -3.57. The van der Waals surface area contributed by atoms with Gasteiger partial charge in [-0.3, -0.25) is 9.69 Å². The molecule has 1 aromatic carbocycles. The number of imidazole rings is 1. The smallest absolute Gasteiger partial charge is 0.259 e. The van der Waals surface area contributed by atoms with Gasteiger partial charge in [0.1, 0.15) is 34.6 Å². The number of halogens is 1. The molecule has 0 bridgehead atoms. The lowest BCUT2D eigenvalue weighted by atomic mass is 10.1. The number of nitrogens with zero attached hydrogens (tertiary/aromatic N) is 4. The van der Waals surface area contributed by atoms with E-state index in [9.17, 15) is 9.18 Å². The molecule has 0 atom stereocenters. The molecule has 34 heavy (non-hydrogen) atoms. The van der Waals surface area contributed by atoms with E-state index < -0.39 is 5.91 Å². The number of H-pyrrole nitrogens is 1. The SMILES string of the molecule is Cc1c(C(N)=O)sc2ncnc(Nc3ccc(F)cc3OC3CCN(Cc4cnc[nH]4)CC3)c12. The van der Waals surface area contributed by atoms with Gasteiger partial charge in [0, 0.05) is 37.6 Å². The van der Waals surface area contributed by atoms with E-state index in [0.717, 1.165) is 38.2 Å². The summed E-state index contributed by atoms with van der Waals surface area (Å²) in [5, 5.41) is 3.97. The van der Waals surface area contributed by atoms with E-state index in [1.54, 1.807) is 12.4 Å². The van der Waals surface area contributed by atoms with Crippen molar-refractivity contribution in [1.82, 2.24) is 24.8 Å². The van der Waals surface area contributed by atoms with Crippen molar-refractivity contribution < 1.29 is 13.9 Å². The summed E-state index contributed by atoms with van der Waals surface area (Å²) in [5.41, 5.74) is 7.89. The number of aromatic amines is 1. The average molecular weight is 482 g/mol. The predicted octanol–water partition coefficient (Wildman–Crippen LogP) is 3.75. The van der Waals surface area contributed by atoms with Gasteiger partial charge >= 0.3 is 0 Å². The number of carbonyl (C=O) groups is 1. The average Bonchev–Trinajstić information content (AvgIpc) is 3.45. The molecule has 1 aliphatic heterocycles. The van der Waals surface area contributed by atoms with Gasteiger partial charge in [0.25, 0.3) is 5.91 Å². The topological polar surface area (TPSA) is 122 Å². The maximum Gasteiger partial charge on any atom is 0.259 e. The van der Waals surface area contributed by atoms with Crippen LogP contribution in [-0.2, 0) is 6.54 Å². The number of fused-ring (bicyclic) bond motifs is 1. The summed E-state index contributed by atoms with van der Waals surface area (Å²) < 4.78 is 20.4. The molecule has 3 aromatic heterocycles. The molecule has 5 rings (SSSR count). The van der Waals surface area contributed by atoms with Gasteiger partial charge in [0.2, 0.25) is 0 Å². The molecular weight excluding hydrogens is 457 g/mol. The van der Waals surface area contributed by atoms with Crippen LogP contribution in [0.2, 0.25) is 0 Å². The van der Waals surface area contributed by atoms with Gasteiger partial charge in [-0.1, -0.05) is 0 Å². The highest BCUT2D eigenvalue weighted by molar-refractivity contribution is 7.20. The summed E-state index contributed by atoms with van der Waals surface area (Å²) in [6.07, 6.45) is 6.56. The molecule has 0 unspecified atom stereocenters. The maximum absolute atomic E-state index is 14.1. The number of thiophene rings is 1. The van der Waals surface area contributed by atoms with Crippen LogP contribution in [-0.4, -0.2) is 49.9 Å². The van der Waals surface area contributed by atoms with Gasteiger partial charge in [-0.15, -0.1) is 11.3 Å². The molecule has 0 spiro atoms. The first-order valence-electron chi connectivity index (χ1n) is 10.9. The number of amides is 1. The zero-order chi connectivity index (χ0) is 23.7. The third kappa shape index (κ3) is 4.57. The Kier molecular flexibility index (Phi) is 6.12. The number of nitrogens with two attached hydrogens (primary N) is 1. The minimum absolute atomic E-state index is 0.0323. The van der Waals surface area contributed by atoms with E-state index in [1.807, 2.05) is 13.1 Å². The summed E-state index contributed by atoms with van der Waals surface area (Å²) in [5.74, 6) is 0.0443. The normalized spacial score (nSPS) is 15.0. The summed E-state index contributed by atoms with van der Waals surface area (Å²) in [4.78, 5) is 31.0. The second kappa shape index (κ2) is 9.35. The Labute approximate surface area is 199 Å². The number of likely N-dealkylation sites (tertiary alicyclic amines) is 1. The largest absolute Gasteiger partial charge is 0.488 e. The quantitative estimate of drug-likeness (QED) is 0.367. The van der Waals surface area contributed by atoms with Crippen molar-refractivity contribution in [3.05, 3.63) is 59.0 Å². The molecule has 4 heterocycles. The van der Waals surface area contributed by atoms with Crippen LogP contribution in [0.4, 0.5) is 15.9 Å². The van der Waals surface area contributed by atoms with Gasteiger partial charge in [0.05, 0.1) is 22.3 Å². The number of anilines is 2. The minimum atomic E-state index is -0.504. The van der Waals surface area contributed by atoms with Gasteiger partial charge in [-0.2, -0.15) is 0 Å². The molecule has 1 amide bonds. The zero-order valence-electron chi connectivity index (χ0n) is 18.5. The summed E-state index contributed by atoms with van der Waals surface area (Å²) in [6.45, 7) is 4.37. The fourth-order valence-corrected chi connectivity index (χ4v) is 5.20. The number of piperidine rings is 1. The fourth-order valence-electron chi connectivity index (χ4n) is 4.20. The standard InChI is InChI=1S/C23H24FN7O2S/c1-13-19-22(28-12-29-23(19)34-20(13)21(25)32)30-17-3-2-14(24)8-18(17)33-16-4-6-31(7-5-16)10-15-9-26-11-27-15/h2-3,8-9,11-12,16H,4-7,10H2,1H3,(H2,25,32)(H,26,27)(H,28,29,30). The first kappa shape index (κ1) is 22.2. The molecule has 1 aliphatic rings. The number of hydrogen-bond acceptors (Lipinski definition) is 8. The van der Waals surface area contributed by atoms with E-state index in [4.69, 9.17) is 10.5 Å². The van der Waals surface area contributed by atoms with Crippen LogP contribution in [0.25, 0.3) is 10.2 Å². The fraction of sp³-hybridized carbons (Fsp3) is 0.304. The van der Waals surface area contributed by atoms with E-state index in [-0.39, 0.29) is 11.9 Å². The number of aryl methyl sites for hydroxylation is 1. The highest BCUT2D eigenvalue weighted by Gasteiger charge is 2.23. The number of primary amides is 1. The summed E-state index contributed by atoms with van der Waals surface area (Å²) >= 11 is 1.23. The van der Waals surface area contributed by atoms with Crippen molar-refractivity contribution in [3.63, 3.8) is 0 Å². The lowest BCUT2D eigenvalue weighted by molar-refractivity contribution is 0.0965. The molecule has 0 saturated carbocycles. The Bertz CT molecular complexity index is 1320. The summed E-state index contributed by atoms with van der Waals surface area (Å²) in [6, 6.07) is 4.38. The number of carbonyl (C=O) groups excluding carboxylic acids is 1. The van der Waals surface area contributed by atoms with Gasteiger partial charge in [0.15, 0.2) is 0 Å². The molecule has 9 nitrogen and oxygen atoms in total. The second-order valence-electron chi connectivity index (χ2n) is 8.26. The molecule has 176 valence electrons. The maximum atomic E-state index is 14.1. The molecule has 0 aliphatic carbocycles. The van der Waals surface area contributed by atoms with Gasteiger partial charge < -0.3 is 20.8 Å². The molecule has 11 heteroatoms. The van der Waals surface area contributed by atoms with E-state index in [1.165, 1.54) is 29.8 Å². The second-order valence-corrected chi connectivity index (χ2v) is 9.26. The van der Waals surface area contributed by atoms with Crippen LogP contribution in [0.3, 0.4) is 0 Å². The molecule has 1 fully saturated rings. The molecule has 0 radical (unpaired) electrons. The van der Waals surface area contributed by atoms with Crippen LogP contribution in [0.5, 0.6) is 5.75 Å².